The van der Waals surface area contributed by atoms with Crippen LogP contribution in [0.15, 0.2) is 36.5 Å². The molecule has 0 aliphatic rings. The second-order valence-corrected chi connectivity index (χ2v) is 4.70. The maximum Gasteiger partial charge on any atom is 0.228 e. The molecule has 0 radical (unpaired) electrons. The summed E-state index contributed by atoms with van der Waals surface area (Å²) >= 11 is 0. The molecule has 0 bridgehead atoms. The predicted octanol–water partition coefficient (Wildman–Crippen LogP) is 1.99. The molecule has 104 valence electrons. The van der Waals surface area contributed by atoms with Gasteiger partial charge in [0, 0.05) is 29.9 Å². The molecule has 0 fully saturated rings. The van der Waals surface area contributed by atoms with Gasteiger partial charge in [-0.15, -0.1) is 0 Å². The maximum atomic E-state index is 11.8. The number of hydrogen-bond donors (Lipinski definition) is 2. The fourth-order valence-corrected chi connectivity index (χ4v) is 1.75. The Morgan fingerprint density at radius 3 is 2.90 bits per heavy atom. The second-order valence-electron chi connectivity index (χ2n) is 4.70. The van der Waals surface area contributed by atoms with Crippen molar-refractivity contribution in [2.24, 2.45) is 11.7 Å². The van der Waals surface area contributed by atoms with E-state index in [1.165, 1.54) is 0 Å². The van der Waals surface area contributed by atoms with Gasteiger partial charge in [0.25, 0.3) is 0 Å². The minimum atomic E-state index is -0.208. The van der Waals surface area contributed by atoms with Crippen LogP contribution in [0.5, 0.6) is 0 Å². The number of nitrogens with two attached hydrogens (primary N) is 1. The monoisotopic (exact) mass is 270 g/mol. The summed E-state index contributed by atoms with van der Waals surface area (Å²) in [7, 11) is 0. The van der Waals surface area contributed by atoms with Gasteiger partial charge in [-0.05, 0) is 25.1 Å². The largest absolute Gasteiger partial charge is 0.330 e. The van der Waals surface area contributed by atoms with Gasteiger partial charge >= 0.3 is 0 Å². The molecule has 1 aromatic heterocycles. The molecule has 1 unspecified atom stereocenters. The Balaban J connectivity index is 2.22. The lowest BCUT2D eigenvalue weighted by Gasteiger charge is -2.11. The van der Waals surface area contributed by atoms with E-state index in [9.17, 15) is 4.79 Å². The van der Waals surface area contributed by atoms with Gasteiger partial charge in [-0.25, -0.2) is 9.97 Å². The smallest absolute Gasteiger partial charge is 0.228 e. The van der Waals surface area contributed by atoms with Crippen molar-refractivity contribution in [3.8, 4) is 11.3 Å². The van der Waals surface area contributed by atoms with Crippen molar-refractivity contribution in [1.29, 1.82) is 0 Å². The van der Waals surface area contributed by atoms with Crippen molar-refractivity contribution in [2.75, 3.05) is 11.9 Å². The van der Waals surface area contributed by atoms with Gasteiger partial charge in [0.05, 0.1) is 5.69 Å². The van der Waals surface area contributed by atoms with Crippen LogP contribution in [0.2, 0.25) is 0 Å². The minimum absolute atomic E-state index is 0.0801. The Bertz CT molecular complexity index is 612. The van der Waals surface area contributed by atoms with E-state index in [4.69, 9.17) is 5.73 Å². The standard InChI is InChI=1S/C15H18N4O/c1-10(9-16)15(20)19-13-5-3-4-12(8-13)14-6-7-17-11(2)18-14/h3-8,10H,9,16H2,1-2H3,(H,19,20). The molecule has 0 aliphatic carbocycles. The highest BCUT2D eigenvalue weighted by atomic mass is 16.1. The summed E-state index contributed by atoms with van der Waals surface area (Å²) in [6.07, 6.45) is 1.72. The SMILES string of the molecule is Cc1nccc(-c2cccc(NC(=O)C(C)CN)c2)n1. The number of carbonyl (C=O) groups excluding carboxylic acids is 1. The molecular weight excluding hydrogens is 252 g/mol. The highest BCUT2D eigenvalue weighted by Gasteiger charge is 2.11. The van der Waals surface area contributed by atoms with Crippen molar-refractivity contribution in [3.63, 3.8) is 0 Å². The Kier molecular flexibility index (Phi) is 4.42. The number of amides is 1. The Morgan fingerprint density at radius 1 is 1.40 bits per heavy atom. The molecule has 5 nitrogen and oxygen atoms in total. The van der Waals surface area contributed by atoms with Crippen LogP contribution in [-0.4, -0.2) is 22.4 Å². The fraction of sp³-hybridized carbons (Fsp3) is 0.267. The number of rotatable bonds is 4. The van der Waals surface area contributed by atoms with Crippen LogP contribution in [0.3, 0.4) is 0 Å². The lowest BCUT2D eigenvalue weighted by molar-refractivity contribution is -0.119. The van der Waals surface area contributed by atoms with Gasteiger partial charge in [-0.2, -0.15) is 0 Å². The number of nitrogens with one attached hydrogen (secondary N) is 1. The zero-order valence-corrected chi connectivity index (χ0v) is 11.6. The number of anilines is 1. The van der Waals surface area contributed by atoms with Crippen LogP contribution in [-0.2, 0) is 4.79 Å². The third kappa shape index (κ3) is 3.39. The first kappa shape index (κ1) is 14.1. The summed E-state index contributed by atoms with van der Waals surface area (Å²) in [5, 5.41) is 2.86. The van der Waals surface area contributed by atoms with Gasteiger partial charge in [0.2, 0.25) is 5.91 Å². The molecule has 1 atom stereocenters. The molecular formula is C15H18N4O. The zero-order chi connectivity index (χ0) is 14.5. The molecule has 2 rings (SSSR count). The van der Waals surface area contributed by atoms with Gasteiger partial charge in [0.1, 0.15) is 5.82 Å². The number of aromatic nitrogens is 2. The van der Waals surface area contributed by atoms with E-state index in [1.54, 1.807) is 13.1 Å². The summed E-state index contributed by atoms with van der Waals surface area (Å²) in [4.78, 5) is 20.3. The van der Waals surface area contributed by atoms with Gasteiger partial charge in [-0.3, -0.25) is 4.79 Å². The quantitative estimate of drug-likeness (QED) is 0.890. The zero-order valence-electron chi connectivity index (χ0n) is 11.6. The van der Waals surface area contributed by atoms with E-state index in [0.717, 1.165) is 16.9 Å². The van der Waals surface area contributed by atoms with E-state index in [0.29, 0.717) is 12.4 Å². The van der Waals surface area contributed by atoms with E-state index in [1.807, 2.05) is 37.3 Å². The first-order valence-corrected chi connectivity index (χ1v) is 6.51. The van der Waals surface area contributed by atoms with Crippen LogP contribution in [0, 0.1) is 12.8 Å². The molecule has 20 heavy (non-hydrogen) atoms. The van der Waals surface area contributed by atoms with E-state index >= 15 is 0 Å². The molecule has 5 heteroatoms. The summed E-state index contributed by atoms with van der Waals surface area (Å²) in [5.74, 6) is 0.428. The minimum Gasteiger partial charge on any atom is -0.330 e. The number of nitrogens with zero attached hydrogens (tertiary/aromatic N) is 2. The topological polar surface area (TPSA) is 80.9 Å². The molecule has 1 aromatic carbocycles. The van der Waals surface area contributed by atoms with Crippen LogP contribution >= 0.6 is 0 Å². The van der Waals surface area contributed by atoms with Crippen LogP contribution in [0.4, 0.5) is 5.69 Å². The highest BCUT2D eigenvalue weighted by molar-refractivity contribution is 5.93. The molecule has 3 N–H and O–H groups in total. The molecule has 0 saturated carbocycles. The molecule has 2 aromatic rings. The number of carbonyl (C=O) groups is 1. The Labute approximate surface area is 118 Å². The average molecular weight is 270 g/mol. The van der Waals surface area contributed by atoms with Crippen molar-refractivity contribution >= 4 is 11.6 Å². The molecule has 1 heterocycles. The number of aryl methyl sites for hydroxylation is 1. The summed E-state index contributed by atoms with van der Waals surface area (Å²) in [6, 6.07) is 9.41. The second kappa shape index (κ2) is 6.25. The van der Waals surface area contributed by atoms with E-state index in [-0.39, 0.29) is 11.8 Å². The maximum absolute atomic E-state index is 11.8. The lowest BCUT2D eigenvalue weighted by Crippen LogP contribution is -2.26. The fourth-order valence-electron chi connectivity index (χ4n) is 1.75. The highest BCUT2D eigenvalue weighted by Crippen LogP contribution is 2.21. The predicted molar refractivity (Wildman–Crippen MR) is 79.1 cm³/mol. The Hall–Kier alpha value is -2.27. The van der Waals surface area contributed by atoms with Crippen LogP contribution < -0.4 is 11.1 Å². The van der Waals surface area contributed by atoms with E-state index in [2.05, 4.69) is 15.3 Å². The van der Waals surface area contributed by atoms with Gasteiger partial charge < -0.3 is 11.1 Å². The lowest BCUT2D eigenvalue weighted by atomic mass is 10.1. The van der Waals surface area contributed by atoms with Crippen LogP contribution in [0.25, 0.3) is 11.3 Å². The van der Waals surface area contributed by atoms with Gasteiger partial charge in [-0.1, -0.05) is 19.1 Å². The normalized spacial score (nSPS) is 11.9. The third-order valence-corrected chi connectivity index (χ3v) is 3.00. The van der Waals surface area contributed by atoms with E-state index < -0.39 is 0 Å². The summed E-state index contributed by atoms with van der Waals surface area (Å²) in [6.45, 7) is 3.97. The first-order chi connectivity index (χ1) is 9.60. The Morgan fingerprint density at radius 2 is 2.20 bits per heavy atom. The average Bonchev–Trinajstić information content (AvgIpc) is 2.46. The number of benzene rings is 1. The van der Waals surface area contributed by atoms with Crippen molar-refractivity contribution in [1.82, 2.24) is 9.97 Å². The van der Waals surface area contributed by atoms with Crippen molar-refractivity contribution in [3.05, 3.63) is 42.4 Å². The first-order valence-electron chi connectivity index (χ1n) is 6.51. The molecule has 0 aliphatic heterocycles. The number of hydrogen-bond acceptors (Lipinski definition) is 4. The van der Waals surface area contributed by atoms with Gasteiger partial charge in [0.15, 0.2) is 0 Å². The van der Waals surface area contributed by atoms with Crippen LogP contribution in [0.1, 0.15) is 12.7 Å². The molecule has 1 amide bonds. The summed E-state index contributed by atoms with van der Waals surface area (Å²) in [5.41, 5.74) is 8.00. The summed E-state index contributed by atoms with van der Waals surface area (Å²) < 4.78 is 0. The molecule has 0 spiro atoms. The van der Waals surface area contributed by atoms with Crippen molar-refractivity contribution in [2.45, 2.75) is 13.8 Å². The van der Waals surface area contributed by atoms with Crippen molar-refractivity contribution < 1.29 is 4.79 Å². The molecule has 0 saturated heterocycles. The third-order valence-electron chi connectivity index (χ3n) is 3.00.